The van der Waals surface area contributed by atoms with Crippen LogP contribution in [0.15, 0.2) is 36.4 Å². The zero-order valence-corrected chi connectivity index (χ0v) is 15.2. The Morgan fingerprint density at radius 3 is 2.56 bits per heavy atom. The zero-order valence-electron chi connectivity index (χ0n) is 15.2. The van der Waals surface area contributed by atoms with Gasteiger partial charge in [0.2, 0.25) is 6.79 Å². The van der Waals surface area contributed by atoms with E-state index in [1.165, 1.54) is 32.2 Å². The van der Waals surface area contributed by atoms with Gasteiger partial charge in [-0.2, -0.15) is 0 Å². The molecule has 0 spiro atoms. The molecule has 142 valence electrons. The first-order valence-corrected chi connectivity index (χ1v) is 8.38. The molecule has 3 rings (SSSR count). The van der Waals surface area contributed by atoms with Crippen LogP contribution in [0.1, 0.15) is 35.9 Å². The summed E-state index contributed by atoms with van der Waals surface area (Å²) in [7, 11) is 1.39. The highest BCUT2D eigenvalue weighted by Gasteiger charge is 2.29. The predicted molar refractivity (Wildman–Crippen MR) is 95.2 cm³/mol. The Labute approximate surface area is 156 Å². The standard InChI is InChI=1S/C20H20O7/c1-11(12(2)21)19(13-5-7-16-18(8-13)26-10-25-16)27-20(23)14-4-6-15(22)17(9-14)24-3/h4-9,11,19,22H,10H2,1-3H3/t11-,19-/m1/s1. The summed E-state index contributed by atoms with van der Waals surface area (Å²) in [6, 6.07) is 9.32. The Hall–Kier alpha value is -3.22. The van der Waals surface area contributed by atoms with Gasteiger partial charge in [0.25, 0.3) is 0 Å². The highest BCUT2D eigenvalue weighted by molar-refractivity contribution is 5.91. The SMILES string of the molecule is COc1cc(C(=O)O[C@@H](c2ccc3c(c2)OCO3)[C@H](C)C(C)=O)ccc1O. The summed E-state index contributed by atoms with van der Waals surface area (Å²) in [5.41, 5.74) is 0.826. The Morgan fingerprint density at radius 2 is 1.85 bits per heavy atom. The number of rotatable bonds is 6. The number of esters is 1. The molecule has 2 atom stereocenters. The van der Waals surface area contributed by atoms with Crippen molar-refractivity contribution in [3.63, 3.8) is 0 Å². The smallest absolute Gasteiger partial charge is 0.338 e. The van der Waals surface area contributed by atoms with E-state index in [1.54, 1.807) is 25.1 Å². The largest absolute Gasteiger partial charge is 0.504 e. The number of ether oxygens (including phenoxy) is 4. The minimum absolute atomic E-state index is 0.0847. The van der Waals surface area contributed by atoms with Crippen LogP contribution in [0.3, 0.4) is 0 Å². The number of phenolic OH excluding ortho intramolecular Hbond substituents is 1. The Morgan fingerprint density at radius 1 is 1.11 bits per heavy atom. The van der Waals surface area contributed by atoms with Gasteiger partial charge in [-0.25, -0.2) is 4.79 Å². The number of ketones is 1. The predicted octanol–water partition coefficient (Wildman–Crippen LogP) is 3.25. The van der Waals surface area contributed by atoms with Crippen molar-refractivity contribution in [1.82, 2.24) is 0 Å². The molecule has 2 aromatic carbocycles. The highest BCUT2D eigenvalue weighted by atomic mass is 16.7. The Bertz CT molecular complexity index is 875. The number of methoxy groups -OCH3 is 1. The molecular weight excluding hydrogens is 352 g/mol. The minimum atomic E-state index is -0.802. The summed E-state index contributed by atoms with van der Waals surface area (Å²) in [5.74, 6) is -0.105. The molecule has 0 aromatic heterocycles. The third-order valence-corrected chi connectivity index (χ3v) is 4.47. The first-order valence-electron chi connectivity index (χ1n) is 8.38. The third-order valence-electron chi connectivity index (χ3n) is 4.47. The average Bonchev–Trinajstić information content (AvgIpc) is 3.13. The normalized spacial score (nSPS) is 14.3. The summed E-state index contributed by atoms with van der Waals surface area (Å²) in [6.45, 7) is 3.27. The number of Topliss-reactive ketones (excluding diaryl/α,β-unsaturated/α-hetero) is 1. The average molecular weight is 372 g/mol. The monoisotopic (exact) mass is 372 g/mol. The second-order valence-electron chi connectivity index (χ2n) is 6.22. The van der Waals surface area contributed by atoms with Crippen molar-refractivity contribution in [2.75, 3.05) is 13.9 Å². The molecule has 1 aliphatic rings. The van der Waals surface area contributed by atoms with Crippen molar-refractivity contribution in [3.05, 3.63) is 47.5 Å². The fraction of sp³-hybridized carbons (Fsp3) is 0.300. The van der Waals surface area contributed by atoms with Crippen LogP contribution in [0.2, 0.25) is 0 Å². The number of hydrogen-bond acceptors (Lipinski definition) is 7. The molecule has 0 saturated carbocycles. The van der Waals surface area contributed by atoms with Gasteiger partial charge in [-0.15, -0.1) is 0 Å². The van der Waals surface area contributed by atoms with Crippen LogP contribution < -0.4 is 14.2 Å². The van der Waals surface area contributed by atoms with Gasteiger partial charge in [0.15, 0.2) is 23.0 Å². The van der Waals surface area contributed by atoms with Gasteiger partial charge in [-0.05, 0) is 42.8 Å². The lowest BCUT2D eigenvalue weighted by Gasteiger charge is -2.23. The van der Waals surface area contributed by atoms with E-state index < -0.39 is 18.0 Å². The molecule has 1 heterocycles. The fourth-order valence-electron chi connectivity index (χ4n) is 2.75. The second kappa shape index (κ2) is 7.57. The molecule has 27 heavy (non-hydrogen) atoms. The lowest BCUT2D eigenvalue weighted by atomic mass is 9.93. The van der Waals surface area contributed by atoms with Crippen molar-refractivity contribution >= 4 is 11.8 Å². The van der Waals surface area contributed by atoms with Gasteiger partial charge in [0, 0.05) is 0 Å². The summed E-state index contributed by atoms with van der Waals surface area (Å²) >= 11 is 0. The molecule has 2 aromatic rings. The third kappa shape index (κ3) is 3.81. The molecule has 0 bridgehead atoms. The molecule has 1 N–H and O–H groups in total. The van der Waals surface area contributed by atoms with Crippen LogP contribution in [0.5, 0.6) is 23.0 Å². The minimum Gasteiger partial charge on any atom is -0.504 e. The number of phenols is 1. The Balaban J connectivity index is 1.90. The number of benzene rings is 2. The molecule has 0 amide bonds. The van der Waals surface area contributed by atoms with E-state index in [9.17, 15) is 14.7 Å². The number of hydrogen-bond donors (Lipinski definition) is 1. The quantitative estimate of drug-likeness (QED) is 0.778. The van der Waals surface area contributed by atoms with Crippen LogP contribution in [-0.4, -0.2) is 30.8 Å². The van der Waals surface area contributed by atoms with Gasteiger partial charge in [-0.3, -0.25) is 4.79 Å². The van der Waals surface area contributed by atoms with Crippen LogP contribution >= 0.6 is 0 Å². The maximum absolute atomic E-state index is 12.6. The van der Waals surface area contributed by atoms with Crippen molar-refractivity contribution < 1.29 is 33.6 Å². The number of carbonyl (C=O) groups excluding carboxylic acids is 2. The van der Waals surface area contributed by atoms with Crippen molar-refractivity contribution in [1.29, 1.82) is 0 Å². The molecule has 0 saturated heterocycles. The number of aromatic hydroxyl groups is 1. The molecule has 0 unspecified atom stereocenters. The molecule has 0 aliphatic carbocycles. The van der Waals surface area contributed by atoms with Crippen LogP contribution in [0.4, 0.5) is 0 Å². The van der Waals surface area contributed by atoms with E-state index in [2.05, 4.69) is 0 Å². The molecule has 0 fully saturated rings. The fourth-order valence-corrected chi connectivity index (χ4v) is 2.75. The lowest BCUT2D eigenvalue weighted by molar-refractivity contribution is -0.123. The second-order valence-corrected chi connectivity index (χ2v) is 6.22. The van der Waals surface area contributed by atoms with E-state index in [0.717, 1.165) is 0 Å². The van der Waals surface area contributed by atoms with Crippen LogP contribution in [0.25, 0.3) is 0 Å². The zero-order chi connectivity index (χ0) is 19.6. The maximum Gasteiger partial charge on any atom is 0.338 e. The molecular formula is C20H20O7. The van der Waals surface area contributed by atoms with E-state index in [4.69, 9.17) is 18.9 Å². The van der Waals surface area contributed by atoms with E-state index >= 15 is 0 Å². The first kappa shape index (κ1) is 18.6. The van der Waals surface area contributed by atoms with Gasteiger partial charge in [0.05, 0.1) is 18.6 Å². The molecule has 7 nitrogen and oxygen atoms in total. The van der Waals surface area contributed by atoms with Crippen molar-refractivity contribution in [2.24, 2.45) is 5.92 Å². The number of carbonyl (C=O) groups is 2. The van der Waals surface area contributed by atoms with E-state index in [0.29, 0.717) is 17.1 Å². The summed E-state index contributed by atoms with van der Waals surface area (Å²) < 4.78 is 21.3. The number of fused-ring (bicyclic) bond motifs is 1. The topological polar surface area (TPSA) is 91.3 Å². The first-order chi connectivity index (χ1) is 12.9. The lowest BCUT2D eigenvalue weighted by Crippen LogP contribution is -2.23. The Kier molecular flexibility index (Phi) is 5.21. The van der Waals surface area contributed by atoms with Crippen molar-refractivity contribution in [2.45, 2.75) is 20.0 Å². The maximum atomic E-state index is 12.6. The summed E-state index contributed by atoms with van der Waals surface area (Å²) in [6.07, 6.45) is -0.802. The molecule has 1 aliphatic heterocycles. The van der Waals surface area contributed by atoms with Gasteiger partial charge >= 0.3 is 5.97 Å². The van der Waals surface area contributed by atoms with Gasteiger partial charge in [0.1, 0.15) is 11.9 Å². The summed E-state index contributed by atoms with van der Waals surface area (Å²) in [4.78, 5) is 24.6. The van der Waals surface area contributed by atoms with E-state index in [1.807, 2.05) is 0 Å². The van der Waals surface area contributed by atoms with Crippen LogP contribution in [-0.2, 0) is 9.53 Å². The van der Waals surface area contributed by atoms with Gasteiger partial charge in [-0.1, -0.05) is 13.0 Å². The van der Waals surface area contributed by atoms with Crippen LogP contribution in [0, 0.1) is 5.92 Å². The van der Waals surface area contributed by atoms with E-state index in [-0.39, 0.29) is 29.6 Å². The van der Waals surface area contributed by atoms with Crippen molar-refractivity contribution in [3.8, 4) is 23.0 Å². The highest BCUT2D eigenvalue weighted by Crippen LogP contribution is 2.37. The molecule has 7 heteroatoms. The van der Waals surface area contributed by atoms with Gasteiger partial charge < -0.3 is 24.1 Å². The molecule has 0 radical (unpaired) electrons. The summed E-state index contributed by atoms with van der Waals surface area (Å²) in [5, 5.41) is 9.68.